The van der Waals surface area contributed by atoms with E-state index >= 15 is 0 Å². The number of anilines is 1. The monoisotopic (exact) mass is 341 g/mol. The van der Waals surface area contributed by atoms with Crippen LogP contribution in [0.3, 0.4) is 0 Å². The highest BCUT2D eigenvalue weighted by Gasteiger charge is 2.14. The zero-order chi connectivity index (χ0) is 16.9. The molecule has 0 fully saturated rings. The number of benzene rings is 3. The van der Waals surface area contributed by atoms with Crippen molar-refractivity contribution in [3.05, 3.63) is 89.2 Å². The summed E-state index contributed by atoms with van der Waals surface area (Å²) in [4.78, 5) is 12.3. The van der Waals surface area contributed by atoms with E-state index in [2.05, 4.69) is 5.32 Å². The van der Waals surface area contributed by atoms with Crippen LogP contribution in [-0.2, 0) is 0 Å². The fourth-order valence-electron chi connectivity index (χ4n) is 2.14. The van der Waals surface area contributed by atoms with Crippen LogP contribution in [0, 0.1) is 5.82 Å². The molecule has 0 aromatic heterocycles. The molecule has 1 amide bonds. The number of hydrogen-bond donors (Lipinski definition) is 1. The van der Waals surface area contributed by atoms with Gasteiger partial charge in [0.15, 0.2) is 5.75 Å². The molecule has 0 atom stereocenters. The molecule has 3 aromatic carbocycles. The summed E-state index contributed by atoms with van der Waals surface area (Å²) >= 11 is 5.71. The summed E-state index contributed by atoms with van der Waals surface area (Å²) in [5.74, 6) is -0.155. The van der Waals surface area contributed by atoms with E-state index in [4.69, 9.17) is 16.3 Å². The van der Waals surface area contributed by atoms with Crippen LogP contribution in [0.5, 0.6) is 11.5 Å². The second-order valence-electron chi connectivity index (χ2n) is 4.99. The zero-order valence-corrected chi connectivity index (χ0v) is 13.3. The Morgan fingerprint density at radius 2 is 1.67 bits per heavy atom. The standard InChI is InChI=1S/C19H13ClFNO2/c20-13-10-11-15(16(21)12-13)19(23)22-17-8-4-5-9-18(17)24-14-6-2-1-3-7-14/h1-12H,(H,22,23). The average Bonchev–Trinajstić information content (AvgIpc) is 2.57. The lowest BCUT2D eigenvalue weighted by molar-refractivity contribution is 0.102. The van der Waals surface area contributed by atoms with Crippen LogP contribution in [0.1, 0.15) is 10.4 Å². The van der Waals surface area contributed by atoms with Gasteiger partial charge in [-0.15, -0.1) is 0 Å². The van der Waals surface area contributed by atoms with Crippen molar-refractivity contribution in [2.45, 2.75) is 0 Å². The first-order valence-electron chi connectivity index (χ1n) is 7.22. The minimum atomic E-state index is -0.679. The van der Waals surface area contributed by atoms with Gasteiger partial charge in [-0.2, -0.15) is 0 Å². The van der Waals surface area contributed by atoms with Gasteiger partial charge in [-0.25, -0.2) is 4.39 Å². The van der Waals surface area contributed by atoms with E-state index in [9.17, 15) is 9.18 Å². The van der Waals surface area contributed by atoms with Crippen molar-refractivity contribution >= 4 is 23.2 Å². The summed E-state index contributed by atoms with van der Waals surface area (Å²) in [5, 5.41) is 2.89. The molecule has 24 heavy (non-hydrogen) atoms. The molecular formula is C19H13ClFNO2. The van der Waals surface area contributed by atoms with Gasteiger partial charge in [0.05, 0.1) is 11.3 Å². The smallest absolute Gasteiger partial charge is 0.258 e. The Kier molecular flexibility index (Phi) is 4.77. The van der Waals surface area contributed by atoms with Crippen molar-refractivity contribution < 1.29 is 13.9 Å². The molecule has 0 unspecified atom stereocenters. The van der Waals surface area contributed by atoms with Gasteiger partial charge in [-0.05, 0) is 42.5 Å². The number of rotatable bonds is 4. The molecule has 0 aliphatic heterocycles. The highest BCUT2D eigenvalue weighted by molar-refractivity contribution is 6.30. The molecule has 3 rings (SSSR count). The van der Waals surface area contributed by atoms with Crippen LogP contribution in [0.4, 0.5) is 10.1 Å². The first-order valence-corrected chi connectivity index (χ1v) is 7.59. The van der Waals surface area contributed by atoms with Crippen molar-refractivity contribution in [2.24, 2.45) is 0 Å². The third kappa shape index (κ3) is 3.73. The van der Waals surface area contributed by atoms with Gasteiger partial charge in [0.1, 0.15) is 11.6 Å². The Morgan fingerprint density at radius 1 is 0.958 bits per heavy atom. The summed E-state index contributed by atoms with van der Waals surface area (Å²) in [7, 11) is 0. The van der Waals surface area contributed by atoms with E-state index in [1.165, 1.54) is 12.1 Å². The van der Waals surface area contributed by atoms with Crippen LogP contribution < -0.4 is 10.1 Å². The Bertz CT molecular complexity index is 868. The van der Waals surface area contributed by atoms with Crippen molar-refractivity contribution in [3.63, 3.8) is 0 Å². The number of halogens is 2. The molecule has 120 valence electrons. The van der Waals surface area contributed by atoms with E-state index in [0.717, 1.165) is 6.07 Å². The number of ether oxygens (including phenoxy) is 1. The maximum absolute atomic E-state index is 13.9. The van der Waals surface area contributed by atoms with Gasteiger partial charge in [-0.3, -0.25) is 4.79 Å². The zero-order valence-electron chi connectivity index (χ0n) is 12.5. The maximum atomic E-state index is 13.9. The third-order valence-electron chi connectivity index (χ3n) is 3.28. The summed E-state index contributed by atoms with van der Waals surface area (Å²) < 4.78 is 19.6. The van der Waals surface area contributed by atoms with E-state index in [0.29, 0.717) is 17.2 Å². The highest BCUT2D eigenvalue weighted by atomic mass is 35.5. The largest absolute Gasteiger partial charge is 0.455 e. The Hall–Kier alpha value is -2.85. The first-order chi connectivity index (χ1) is 11.6. The molecule has 5 heteroatoms. The number of para-hydroxylation sites is 3. The molecule has 0 heterocycles. The average molecular weight is 342 g/mol. The number of carbonyl (C=O) groups excluding carboxylic acids is 1. The summed E-state index contributed by atoms with van der Waals surface area (Å²) in [6, 6.07) is 20.0. The number of hydrogen-bond acceptors (Lipinski definition) is 2. The second-order valence-corrected chi connectivity index (χ2v) is 5.43. The van der Waals surface area contributed by atoms with Gasteiger partial charge >= 0.3 is 0 Å². The lowest BCUT2D eigenvalue weighted by Gasteiger charge is -2.12. The molecule has 0 saturated carbocycles. The third-order valence-corrected chi connectivity index (χ3v) is 3.52. The van der Waals surface area contributed by atoms with Crippen LogP contribution in [-0.4, -0.2) is 5.91 Å². The lowest BCUT2D eigenvalue weighted by atomic mass is 10.2. The van der Waals surface area contributed by atoms with Gasteiger partial charge in [-0.1, -0.05) is 41.9 Å². The predicted molar refractivity (Wildman–Crippen MR) is 92.3 cm³/mol. The minimum Gasteiger partial charge on any atom is -0.455 e. The summed E-state index contributed by atoms with van der Waals surface area (Å²) in [6.45, 7) is 0. The maximum Gasteiger partial charge on any atom is 0.258 e. The number of amides is 1. The molecule has 0 aliphatic carbocycles. The topological polar surface area (TPSA) is 38.3 Å². The van der Waals surface area contributed by atoms with E-state index < -0.39 is 11.7 Å². The molecular weight excluding hydrogens is 329 g/mol. The van der Waals surface area contributed by atoms with E-state index in [1.54, 1.807) is 36.4 Å². The van der Waals surface area contributed by atoms with Crippen molar-refractivity contribution in [1.82, 2.24) is 0 Å². The van der Waals surface area contributed by atoms with Crippen LogP contribution in [0.25, 0.3) is 0 Å². The normalized spacial score (nSPS) is 10.2. The fraction of sp³-hybridized carbons (Fsp3) is 0. The molecule has 0 radical (unpaired) electrons. The van der Waals surface area contributed by atoms with Crippen molar-refractivity contribution in [3.8, 4) is 11.5 Å². The fourth-order valence-corrected chi connectivity index (χ4v) is 2.30. The summed E-state index contributed by atoms with van der Waals surface area (Å²) in [6.07, 6.45) is 0. The van der Waals surface area contributed by atoms with E-state index in [1.807, 2.05) is 18.2 Å². The summed E-state index contributed by atoms with van der Waals surface area (Å²) in [5.41, 5.74) is 0.356. The Labute approximate surface area is 143 Å². The highest BCUT2D eigenvalue weighted by Crippen LogP contribution is 2.29. The number of carbonyl (C=O) groups is 1. The molecule has 0 bridgehead atoms. The van der Waals surface area contributed by atoms with Crippen LogP contribution in [0.15, 0.2) is 72.8 Å². The van der Waals surface area contributed by atoms with Gasteiger partial charge in [0.2, 0.25) is 0 Å². The quantitative estimate of drug-likeness (QED) is 0.678. The van der Waals surface area contributed by atoms with Crippen molar-refractivity contribution in [1.29, 1.82) is 0 Å². The predicted octanol–water partition coefficient (Wildman–Crippen LogP) is 5.52. The SMILES string of the molecule is O=C(Nc1ccccc1Oc1ccccc1)c1ccc(Cl)cc1F. The molecule has 1 N–H and O–H groups in total. The van der Waals surface area contributed by atoms with Crippen LogP contribution >= 0.6 is 11.6 Å². The van der Waals surface area contributed by atoms with Gasteiger partial charge in [0, 0.05) is 5.02 Å². The molecule has 3 aromatic rings. The second kappa shape index (κ2) is 7.15. The molecule has 3 nitrogen and oxygen atoms in total. The van der Waals surface area contributed by atoms with Crippen LogP contribution in [0.2, 0.25) is 5.02 Å². The molecule has 0 saturated heterocycles. The van der Waals surface area contributed by atoms with Gasteiger partial charge < -0.3 is 10.1 Å². The first kappa shape index (κ1) is 16.0. The van der Waals surface area contributed by atoms with Crippen molar-refractivity contribution in [2.75, 3.05) is 5.32 Å². The molecule has 0 spiro atoms. The Balaban J connectivity index is 1.84. The minimum absolute atomic E-state index is 0.0890. The lowest BCUT2D eigenvalue weighted by Crippen LogP contribution is -2.14. The molecule has 0 aliphatic rings. The number of nitrogens with one attached hydrogen (secondary N) is 1. The van der Waals surface area contributed by atoms with E-state index in [-0.39, 0.29) is 10.6 Å². The Morgan fingerprint density at radius 3 is 2.42 bits per heavy atom. The van der Waals surface area contributed by atoms with Gasteiger partial charge in [0.25, 0.3) is 5.91 Å².